The van der Waals surface area contributed by atoms with E-state index >= 15 is 0 Å². The maximum absolute atomic E-state index is 12.9. The van der Waals surface area contributed by atoms with Crippen LogP contribution in [0.4, 0.5) is 5.13 Å². The molecule has 0 bridgehead atoms. The third-order valence-corrected chi connectivity index (χ3v) is 5.80. The van der Waals surface area contributed by atoms with Gasteiger partial charge in [-0.05, 0) is 25.3 Å². The van der Waals surface area contributed by atoms with E-state index in [1.807, 2.05) is 6.92 Å². The van der Waals surface area contributed by atoms with Crippen molar-refractivity contribution in [2.75, 3.05) is 5.32 Å². The molecule has 0 aliphatic rings. The normalized spacial score (nSPS) is 11.3. The Kier molecular flexibility index (Phi) is 6.51. The average Bonchev–Trinajstić information content (AvgIpc) is 3.16. The predicted molar refractivity (Wildman–Crippen MR) is 112 cm³/mol. The van der Waals surface area contributed by atoms with Crippen LogP contribution in [0.15, 0.2) is 29.1 Å². The number of nitrogens with one attached hydrogen (secondary N) is 1. The van der Waals surface area contributed by atoms with Gasteiger partial charge >= 0.3 is 0 Å². The third-order valence-electron chi connectivity index (χ3n) is 4.80. The molecular weight excluding hydrogens is 374 g/mol. The first-order valence-corrected chi connectivity index (χ1v) is 10.5. The highest BCUT2D eigenvalue weighted by atomic mass is 32.1. The van der Waals surface area contributed by atoms with E-state index in [9.17, 15) is 9.59 Å². The van der Waals surface area contributed by atoms with Crippen LogP contribution in [0.5, 0.6) is 0 Å². The maximum atomic E-state index is 12.9. The maximum Gasteiger partial charge on any atom is 0.278 e. The third kappa shape index (κ3) is 4.11. The summed E-state index contributed by atoms with van der Waals surface area (Å²) >= 11 is 1.39. The van der Waals surface area contributed by atoms with E-state index in [1.54, 1.807) is 24.3 Å². The summed E-state index contributed by atoms with van der Waals surface area (Å²) in [6.45, 7) is 6.76. The van der Waals surface area contributed by atoms with E-state index in [2.05, 4.69) is 34.5 Å². The number of nitrogens with zero attached hydrogens (tertiary/aromatic N) is 4. The molecule has 1 amide bonds. The van der Waals surface area contributed by atoms with Crippen molar-refractivity contribution in [3.63, 3.8) is 0 Å². The number of benzene rings is 1. The molecule has 0 saturated carbocycles. The number of aromatic nitrogens is 4. The lowest BCUT2D eigenvalue weighted by molar-refractivity contribution is 0.102. The second-order valence-corrected chi connectivity index (χ2v) is 7.70. The summed E-state index contributed by atoms with van der Waals surface area (Å²) in [6.07, 6.45) is 3.72. The Morgan fingerprint density at radius 3 is 2.54 bits per heavy atom. The van der Waals surface area contributed by atoms with Crippen LogP contribution in [0, 0.1) is 0 Å². The summed E-state index contributed by atoms with van der Waals surface area (Å²) in [6, 6.07) is 7.07. The molecule has 148 valence electrons. The molecular formula is C20H25N5O2S. The van der Waals surface area contributed by atoms with Gasteiger partial charge < -0.3 is 0 Å². The largest absolute Gasteiger partial charge is 0.295 e. The number of fused-ring (bicyclic) bond motifs is 1. The molecule has 0 radical (unpaired) electrons. The number of carbonyl (C=O) groups excluding carboxylic acids is 1. The first kappa shape index (κ1) is 20.1. The van der Waals surface area contributed by atoms with Gasteiger partial charge in [0.1, 0.15) is 5.01 Å². The highest BCUT2D eigenvalue weighted by molar-refractivity contribution is 7.15. The molecule has 8 heteroatoms. The summed E-state index contributed by atoms with van der Waals surface area (Å²) in [5.74, 6) is -0.0354. The molecule has 0 saturated heterocycles. The Morgan fingerprint density at radius 2 is 1.86 bits per heavy atom. The van der Waals surface area contributed by atoms with E-state index in [0.29, 0.717) is 28.4 Å². The SMILES string of the molecule is CCCCn1nc(C(=O)Nc2nnc(C(CC)CC)s2)c2ccccc2c1=O. The van der Waals surface area contributed by atoms with Gasteiger partial charge in [-0.25, -0.2) is 4.68 Å². The first-order chi connectivity index (χ1) is 13.6. The minimum atomic E-state index is -0.381. The van der Waals surface area contributed by atoms with Crippen molar-refractivity contribution in [3.05, 3.63) is 45.3 Å². The number of rotatable bonds is 8. The Hall–Kier alpha value is -2.61. The number of aryl methyl sites for hydroxylation is 1. The molecule has 2 heterocycles. The Labute approximate surface area is 167 Å². The van der Waals surface area contributed by atoms with Crippen LogP contribution in [0.1, 0.15) is 67.9 Å². The molecule has 1 N–H and O–H groups in total. The molecule has 7 nitrogen and oxygen atoms in total. The zero-order chi connectivity index (χ0) is 20.1. The highest BCUT2D eigenvalue weighted by Gasteiger charge is 2.19. The second kappa shape index (κ2) is 9.05. The molecule has 0 spiro atoms. The van der Waals surface area contributed by atoms with Crippen molar-refractivity contribution in [1.29, 1.82) is 0 Å². The lowest BCUT2D eigenvalue weighted by Gasteiger charge is -2.10. The average molecular weight is 400 g/mol. The smallest absolute Gasteiger partial charge is 0.278 e. The van der Waals surface area contributed by atoms with Crippen LogP contribution in [0.25, 0.3) is 10.8 Å². The zero-order valence-electron chi connectivity index (χ0n) is 16.4. The number of unbranched alkanes of at least 4 members (excludes halogenated alkanes) is 1. The number of carbonyl (C=O) groups is 1. The van der Waals surface area contributed by atoms with Gasteiger partial charge in [0.15, 0.2) is 5.69 Å². The van der Waals surface area contributed by atoms with Gasteiger partial charge in [0.05, 0.1) is 5.39 Å². The summed E-state index contributed by atoms with van der Waals surface area (Å²) in [5.41, 5.74) is 0.0538. The predicted octanol–water partition coefficient (Wildman–Crippen LogP) is 4.20. The van der Waals surface area contributed by atoms with E-state index in [-0.39, 0.29) is 17.2 Å². The van der Waals surface area contributed by atoms with Crippen molar-refractivity contribution in [3.8, 4) is 0 Å². The van der Waals surface area contributed by atoms with Crippen LogP contribution >= 0.6 is 11.3 Å². The summed E-state index contributed by atoms with van der Waals surface area (Å²) in [4.78, 5) is 25.6. The fraction of sp³-hybridized carbons (Fsp3) is 0.450. The van der Waals surface area contributed by atoms with Gasteiger partial charge in [0, 0.05) is 17.8 Å². The Balaban J connectivity index is 1.95. The molecule has 0 fully saturated rings. The van der Waals surface area contributed by atoms with E-state index in [1.165, 1.54) is 16.0 Å². The van der Waals surface area contributed by atoms with Crippen molar-refractivity contribution < 1.29 is 4.79 Å². The van der Waals surface area contributed by atoms with Crippen molar-refractivity contribution in [2.45, 2.75) is 58.9 Å². The molecule has 28 heavy (non-hydrogen) atoms. The summed E-state index contributed by atoms with van der Waals surface area (Å²) in [5, 5.41) is 17.9. The van der Waals surface area contributed by atoms with E-state index in [4.69, 9.17) is 0 Å². The van der Waals surface area contributed by atoms with Crippen LogP contribution in [0.2, 0.25) is 0 Å². The second-order valence-electron chi connectivity index (χ2n) is 6.69. The molecule has 0 aliphatic carbocycles. The fourth-order valence-electron chi connectivity index (χ4n) is 3.11. The number of hydrogen-bond acceptors (Lipinski definition) is 6. The number of anilines is 1. The Bertz CT molecular complexity index is 1020. The topological polar surface area (TPSA) is 89.8 Å². The van der Waals surface area contributed by atoms with Gasteiger partial charge in [-0.3, -0.25) is 14.9 Å². The molecule has 0 aliphatic heterocycles. The fourth-order valence-corrected chi connectivity index (χ4v) is 4.11. The van der Waals surface area contributed by atoms with Gasteiger partial charge in [-0.1, -0.05) is 56.7 Å². The molecule has 3 rings (SSSR count). The van der Waals surface area contributed by atoms with Gasteiger partial charge in [0.25, 0.3) is 11.5 Å². The minimum absolute atomic E-state index is 0.174. The standard InChI is InChI=1S/C20H25N5O2S/c1-4-7-12-25-19(27)15-11-9-8-10-14(15)16(24-25)17(26)21-20-23-22-18(28-20)13(5-2)6-3/h8-11,13H,4-7,12H2,1-3H3,(H,21,23,26). The molecule has 0 unspecified atom stereocenters. The molecule has 2 aromatic heterocycles. The minimum Gasteiger partial charge on any atom is -0.295 e. The lowest BCUT2D eigenvalue weighted by atomic mass is 10.1. The number of hydrogen-bond donors (Lipinski definition) is 1. The van der Waals surface area contributed by atoms with Crippen molar-refractivity contribution >= 4 is 33.1 Å². The van der Waals surface area contributed by atoms with Gasteiger partial charge in [0.2, 0.25) is 5.13 Å². The summed E-state index contributed by atoms with van der Waals surface area (Å²) in [7, 11) is 0. The lowest BCUT2D eigenvalue weighted by Crippen LogP contribution is -2.27. The van der Waals surface area contributed by atoms with E-state index in [0.717, 1.165) is 30.7 Å². The molecule has 0 atom stereocenters. The van der Waals surface area contributed by atoms with Crippen LogP contribution in [0.3, 0.4) is 0 Å². The number of amides is 1. The van der Waals surface area contributed by atoms with Gasteiger partial charge in [-0.2, -0.15) is 5.10 Å². The van der Waals surface area contributed by atoms with Crippen LogP contribution in [-0.2, 0) is 6.54 Å². The van der Waals surface area contributed by atoms with Crippen LogP contribution < -0.4 is 10.9 Å². The van der Waals surface area contributed by atoms with Gasteiger partial charge in [-0.15, -0.1) is 10.2 Å². The Morgan fingerprint density at radius 1 is 1.14 bits per heavy atom. The highest BCUT2D eigenvalue weighted by Crippen LogP contribution is 2.28. The van der Waals surface area contributed by atoms with Crippen molar-refractivity contribution in [1.82, 2.24) is 20.0 Å². The van der Waals surface area contributed by atoms with E-state index < -0.39 is 0 Å². The zero-order valence-corrected chi connectivity index (χ0v) is 17.3. The molecule has 3 aromatic rings. The molecule has 1 aromatic carbocycles. The first-order valence-electron chi connectivity index (χ1n) is 9.73. The quantitative estimate of drug-likeness (QED) is 0.613. The van der Waals surface area contributed by atoms with Crippen LogP contribution in [-0.4, -0.2) is 25.9 Å². The van der Waals surface area contributed by atoms with Crippen molar-refractivity contribution in [2.24, 2.45) is 0 Å². The monoisotopic (exact) mass is 399 g/mol. The summed E-state index contributed by atoms with van der Waals surface area (Å²) < 4.78 is 1.39.